The maximum Gasteiger partial charge on any atom is 0.246 e. The van der Waals surface area contributed by atoms with E-state index in [0.717, 1.165) is 0 Å². The molecule has 104 valence electrons. The van der Waals surface area contributed by atoms with Crippen molar-refractivity contribution in [1.82, 2.24) is 19.7 Å². The fraction of sp³-hybridized carbons (Fsp3) is 0.400. The zero-order chi connectivity index (χ0) is 14.2. The third kappa shape index (κ3) is 2.61. The van der Waals surface area contributed by atoms with Crippen LogP contribution in [0.25, 0.3) is 0 Å². The van der Waals surface area contributed by atoms with E-state index in [9.17, 15) is 8.42 Å². The molecule has 0 unspecified atom stereocenters. The quantitative estimate of drug-likeness (QED) is 0.822. The Morgan fingerprint density at radius 2 is 2.16 bits per heavy atom. The number of aromatic nitrogens is 3. The van der Waals surface area contributed by atoms with Crippen LogP contribution in [0, 0.1) is 13.8 Å². The number of aryl methyl sites for hydroxylation is 2. The van der Waals surface area contributed by atoms with Gasteiger partial charge in [0, 0.05) is 13.1 Å². The van der Waals surface area contributed by atoms with Gasteiger partial charge in [0.25, 0.3) is 0 Å². The number of sulfonamides is 1. The highest BCUT2D eigenvalue weighted by Crippen LogP contribution is 2.21. The van der Waals surface area contributed by atoms with E-state index in [1.807, 2.05) is 0 Å². The summed E-state index contributed by atoms with van der Waals surface area (Å²) < 4.78 is 33.1. The lowest BCUT2D eigenvalue weighted by Crippen LogP contribution is -2.24. The maximum absolute atomic E-state index is 12.2. The lowest BCUT2D eigenvalue weighted by atomic mass is 10.4. The summed E-state index contributed by atoms with van der Waals surface area (Å²) in [7, 11) is -2.11. The van der Waals surface area contributed by atoms with Crippen molar-refractivity contribution in [3.05, 3.63) is 23.2 Å². The summed E-state index contributed by atoms with van der Waals surface area (Å²) in [5.41, 5.74) is 6.77. The van der Waals surface area contributed by atoms with Crippen LogP contribution in [0.5, 0.6) is 0 Å². The Kier molecular flexibility index (Phi) is 3.33. The van der Waals surface area contributed by atoms with Gasteiger partial charge in [-0.05, 0) is 13.8 Å². The number of nitrogens with one attached hydrogen (secondary N) is 1. The molecule has 2 aromatic heterocycles. The highest BCUT2D eigenvalue weighted by molar-refractivity contribution is 7.89. The van der Waals surface area contributed by atoms with Crippen molar-refractivity contribution in [2.75, 3.05) is 5.73 Å². The minimum absolute atomic E-state index is 0.00811. The summed E-state index contributed by atoms with van der Waals surface area (Å²) in [5.74, 6) is 0.405. The fourth-order valence-corrected chi connectivity index (χ4v) is 3.00. The second kappa shape index (κ2) is 4.67. The first-order chi connectivity index (χ1) is 8.81. The highest BCUT2D eigenvalue weighted by Gasteiger charge is 2.24. The van der Waals surface area contributed by atoms with Gasteiger partial charge in [-0.25, -0.2) is 13.1 Å². The summed E-state index contributed by atoms with van der Waals surface area (Å²) in [5, 5.41) is 7.55. The molecular weight excluding hydrogens is 270 g/mol. The second-order valence-electron chi connectivity index (χ2n) is 4.18. The first kappa shape index (κ1) is 13.6. The first-order valence-corrected chi connectivity index (χ1v) is 7.00. The Hall–Kier alpha value is -1.87. The van der Waals surface area contributed by atoms with Gasteiger partial charge >= 0.3 is 0 Å². The number of hydrogen-bond acceptors (Lipinski definition) is 6. The van der Waals surface area contributed by atoms with E-state index in [1.165, 1.54) is 4.68 Å². The van der Waals surface area contributed by atoms with Gasteiger partial charge in [-0.3, -0.25) is 4.68 Å². The SMILES string of the molecule is Cc1cc(CNS(=O)(=O)c2c(N)nn(C)c2C)on1. The lowest BCUT2D eigenvalue weighted by molar-refractivity contribution is 0.377. The number of rotatable bonds is 4. The molecule has 0 aliphatic rings. The Labute approximate surface area is 110 Å². The van der Waals surface area contributed by atoms with Crippen molar-refractivity contribution in [2.45, 2.75) is 25.3 Å². The largest absolute Gasteiger partial charge is 0.381 e. The average Bonchev–Trinajstić information content (AvgIpc) is 2.82. The lowest BCUT2D eigenvalue weighted by Gasteiger charge is -2.04. The average molecular weight is 285 g/mol. The van der Waals surface area contributed by atoms with Crippen LogP contribution in [0.3, 0.4) is 0 Å². The van der Waals surface area contributed by atoms with Crippen molar-refractivity contribution in [2.24, 2.45) is 7.05 Å². The molecule has 3 N–H and O–H groups in total. The molecule has 0 atom stereocenters. The van der Waals surface area contributed by atoms with Crippen LogP contribution in [0.15, 0.2) is 15.5 Å². The Bertz CT molecular complexity index is 701. The molecule has 9 heteroatoms. The Morgan fingerprint density at radius 1 is 1.47 bits per heavy atom. The highest BCUT2D eigenvalue weighted by atomic mass is 32.2. The van der Waals surface area contributed by atoms with E-state index in [2.05, 4.69) is 15.0 Å². The molecule has 0 spiro atoms. The van der Waals surface area contributed by atoms with Crippen molar-refractivity contribution >= 4 is 15.8 Å². The number of nitrogens with zero attached hydrogens (tertiary/aromatic N) is 3. The molecular formula is C10H15N5O3S. The van der Waals surface area contributed by atoms with Crippen LogP contribution in [0.1, 0.15) is 17.1 Å². The second-order valence-corrected chi connectivity index (χ2v) is 5.89. The predicted octanol–water partition coefficient (Wildman–Crippen LogP) is 0.0856. The molecule has 0 aliphatic carbocycles. The van der Waals surface area contributed by atoms with Gasteiger partial charge in [-0.1, -0.05) is 5.16 Å². The smallest absolute Gasteiger partial charge is 0.246 e. The molecule has 8 nitrogen and oxygen atoms in total. The Balaban J connectivity index is 2.23. The van der Waals surface area contributed by atoms with Crippen molar-refractivity contribution < 1.29 is 12.9 Å². The normalized spacial score (nSPS) is 11.9. The predicted molar refractivity (Wildman–Crippen MR) is 67.6 cm³/mol. The van der Waals surface area contributed by atoms with Gasteiger partial charge in [-0.2, -0.15) is 5.10 Å². The summed E-state index contributed by atoms with van der Waals surface area (Å²) in [6.45, 7) is 3.40. The first-order valence-electron chi connectivity index (χ1n) is 5.52. The minimum atomic E-state index is -3.74. The Morgan fingerprint density at radius 3 is 2.63 bits per heavy atom. The summed E-state index contributed by atoms with van der Waals surface area (Å²) >= 11 is 0. The zero-order valence-corrected chi connectivity index (χ0v) is 11.7. The maximum atomic E-state index is 12.2. The summed E-state index contributed by atoms with van der Waals surface area (Å²) in [6, 6.07) is 1.65. The molecule has 0 amide bonds. The summed E-state index contributed by atoms with van der Waals surface area (Å²) in [6.07, 6.45) is 0. The topological polar surface area (TPSA) is 116 Å². The molecule has 0 radical (unpaired) electrons. The molecule has 0 aromatic carbocycles. The molecule has 0 aliphatic heterocycles. The molecule has 0 saturated heterocycles. The van der Waals surface area contributed by atoms with Crippen molar-refractivity contribution in [3.63, 3.8) is 0 Å². The van der Waals surface area contributed by atoms with Crippen LogP contribution in [0.4, 0.5) is 5.82 Å². The van der Waals surface area contributed by atoms with E-state index >= 15 is 0 Å². The fourth-order valence-electron chi connectivity index (χ4n) is 1.68. The number of hydrogen-bond donors (Lipinski definition) is 2. The third-order valence-corrected chi connectivity index (χ3v) is 4.25. The molecule has 0 saturated carbocycles. The van der Waals surface area contributed by atoms with Crippen LogP contribution < -0.4 is 10.5 Å². The van der Waals surface area contributed by atoms with E-state index in [0.29, 0.717) is 17.1 Å². The van der Waals surface area contributed by atoms with Crippen molar-refractivity contribution in [3.8, 4) is 0 Å². The molecule has 2 heterocycles. The van der Waals surface area contributed by atoms with Crippen LogP contribution in [-0.2, 0) is 23.6 Å². The van der Waals surface area contributed by atoms with Crippen LogP contribution in [0.2, 0.25) is 0 Å². The van der Waals surface area contributed by atoms with Crippen LogP contribution in [-0.4, -0.2) is 23.4 Å². The van der Waals surface area contributed by atoms with Gasteiger partial charge in [0.2, 0.25) is 10.0 Å². The molecule has 0 bridgehead atoms. The van der Waals surface area contributed by atoms with Crippen LogP contribution >= 0.6 is 0 Å². The molecule has 0 fully saturated rings. The van der Waals surface area contributed by atoms with Gasteiger partial charge in [-0.15, -0.1) is 0 Å². The van der Waals surface area contributed by atoms with Gasteiger partial charge < -0.3 is 10.3 Å². The summed E-state index contributed by atoms with van der Waals surface area (Å²) in [4.78, 5) is -0.00811. The third-order valence-electron chi connectivity index (χ3n) is 2.69. The zero-order valence-electron chi connectivity index (χ0n) is 10.8. The van der Waals surface area contributed by atoms with Crippen molar-refractivity contribution in [1.29, 1.82) is 0 Å². The van der Waals surface area contributed by atoms with E-state index in [4.69, 9.17) is 10.3 Å². The van der Waals surface area contributed by atoms with E-state index in [1.54, 1.807) is 27.0 Å². The molecule has 2 aromatic rings. The van der Waals surface area contributed by atoms with E-state index in [-0.39, 0.29) is 17.3 Å². The standard InChI is InChI=1S/C10H15N5O3S/c1-6-4-8(18-14-6)5-12-19(16,17)9-7(2)15(3)13-10(9)11/h4,12H,5H2,1-3H3,(H2,11,13). The van der Waals surface area contributed by atoms with E-state index < -0.39 is 10.0 Å². The van der Waals surface area contributed by atoms with Gasteiger partial charge in [0.05, 0.1) is 17.9 Å². The monoisotopic (exact) mass is 285 g/mol. The van der Waals surface area contributed by atoms with Gasteiger partial charge in [0.1, 0.15) is 4.90 Å². The minimum Gasteiger partial charge on any atom is -0.381 e. The van der Waals surface area contributed by atoms with Gasteiger partial charge in [0.15, 0.2) is 11.6 Å². The number of nitrogen functional groups attached to an aromatic ring is 1. The molecule has 19 heavy (non-hydrogen) atoms. The molecule has 2 rings (SSSR count). The number of nitrogens with two attached hydrogens (primary N) is 1. The number of anilines is 1.